The first-order chi connectivity index (χ1) is 9.58. The highest BCUT2D eigenvalue weighted by Gasteiger charge is 2.43. The normalized spacial score (nSPS) is 28.8. The lowest BCUT2D eigenvalue weighted by Crippen LogP contribution is -2.61. The van der Waals surface area contributed by atoms with Gasteiger partial charge in [-0.15, -0.1) is 11.3 Å². The Morgan fingerprint density at radius 3 is 2.90 bits per heavy atom. The first kappa shape index (κ1) is 15.9. The van der Waals surface area contributed by atoms with Gasteiger partial charge in [-0.1, -0.05) is 26.7 Å². The number of aromatic nitrogens is 1. The summed E-state index contributed by atoms with van der Waals surface area (Å²) in [5, 5.41) is 3.77. The smallest absolute Gasteiger partial charge is 0.0794 e. The number of nitrogens with one attached hydrogen (secondary N) is 1. The lowest BCUT2D eigenvalue weighted by atomic mass is 9.70. The SMILES string of the molecule is CCNC(Cc1cncs1)C1(N(C)C)CCCC(C)C1. The second-order valence-corrected chi connectivity index (χ2v) is 7.45. The summed E-state index contributed by atoms with van der Waals surface area (Å²) in [6, 6.07) is 0.519. The maximum absolute atomic E-state index is 4.24. The van der Waals surface area contributed by atoms with Crippen LogP contribution in [-0.4, -0.2) is 42.1 Å². The fourth-order valence-corrected chi connectivity index (χ4v) is 4.48. The van der Waals surface area contributed by atoms with E-state index in [1.54, 1.807) is 11.3 Å². The van der Waals surface area contributed by atoms with Gasteiger partial charge in [-0.2, -0.15) is 0 Å². The van der Waals surface area contributed by atoms with Crippen molar-refractivity contribution in [1.29, 1.82) is 0 Å². The van der Waals surface area contributed by atoms with Crippen LogP contribution in [0.1, 0.15) is 44.4 Å². The Morgan fingerprint density at radius 2 is 2.35 bits per heavy atom. The van der Waals surface area contributed by atoms with E-state index in [9.17, 15) is 0 Å². The topological polar surface area (TPSA) is 28.2 Å². The predicted octanol–water partition coefficient (Wildman–Crippen LogP) is 3.17. The average molecular weight is 295 g/mol. The van der Waals surface area contributed by atoms with Crippen molar-refractivity contribution in [3.05, 3.63) is 16.6 Å². The van der Waals surface area contributed by atoms with Gasteiger partial charge in [-0.05, 0) is 39.4 Å². The van der Waals surface area contributed by atoms with Gasteiger partial charge in [0.05, 0.1) is 5.51 Å². The largest absolute Gasteiger partial charge is 0.312 e. The maximum Gasteiger partial charge on any atom is 0.0794 e. The molecule has 1 saturated carbocycles. The van der Waals surface area contributed by atoms with Crippen LogP contribution in [-0.2, 0) is 6.42 Å². The molecule has 0 radical (unpaired) electrons. The first-order valence-corrected chi connectivity index (χ1v) is 8.74. The van der Waals surface area contributed by atoms with Crippen LogP contribution in [0.3, 0.4) is 0 Å². The third-order valence-electron chi connectivity index (χ3n) is 4.89. The van der Waals surface area contributed by atoms with Crippen molar-refractivity contribution >= 4 is 11.3 Å². The van der Waals surface area contributed by atoms with Crippen LogP contribution in [0.15, 0.2) is 11.7 Å². The summed E-state index contributed by atoms with van der Waals surface area (Å²) in [4.78, 5) is 8.12. The molecule has 1 aromatic heterocycles. The molecule has 1 heterocycles. The Morgan fingerprint density at radius 1 is 1.55 bits per heavy atom. The summed E-state index contributed by atoms with van der Waals surface area (Å²) in [6.07, 6.45) is 8.48. The Kier molecular flexibility index (Phi) is 5.58. The Labute approximate surface area is 127 Å². The van der Waals surface area contributed by atoms with Gasteiger partial charge in [-0.3, -0.25) is 4.98 Å². The molecule has 1 aromatic rings. The quantitative estimate of drug-likeness (QED) is 0.873. The molecular weight excluding hydrogens is 266 g/mol. The fourth-order valence-electron chi connectivity index (χ4n) is 3.84. The second kappa shape index (κ2) is 7.01. The number of rotatable bonds is 6. The lowest BCUT2D eigenvalue weighted by molar-refractivity contribution is 0.0381. The standard InChI is InChI=1S/C16H29N3S/c1-5-18-15(9-14-11-17-12-20-14)16(19(3)4)8-6-7-13(2)10-16/h11-13,15,18H,5-10H2,1-4H3. The molecule has 0 amide bonds. The third kappa shape index (κ3) is 3.41. The molecule has 1 aliphatic carbocycles. The van der Waals surface area contributed by atoms with E-state index >= 15 is 0 Å². The van der Waals surface area contributed by atoms with Crippen molar-refractivity contribution in [3.63, 3.8) is 0 Å². The van der Waals surface area contributed by atoms with Gasteiger partial charge in [0.25, 0.3) is 0 Å². The van der Waals surface area contributed by atoms with Crippen molar-refractivity contribution < 1.29 is 0 Å². The minimum atomic E-state index is 0.289. The monoisotopic (exact) mass is 295 g/mol. The lowest BCUT2D eigenvalue weighted by Gasteiger charge is -2.50. The highest BCUT2D eigenvalue weighted by Crippen LogP contribution is 2.39. The van der Waals surface area contributed by atoms with E-state index in [2.05, 4.69) is 43.1 Å². The van der Waals surface area contributed by atoms with Crippen LogP contribution >= 0.6 is 11.3 Å². The number of hydrogen-bond acceptors (Lipinski definition) is 4. The third-order valence-corrected chi connectivity index (χ3v) is 5.69. The van der Waals surface area contributed by atoms with E-state index < -0.39 is 0 Å². The molecule has 114 valence electrons. The van der Waals surface area contributed by atoms with Gasteiger partial charge in [0.1, 0.15) is 0 Å². The molecule has 3 atom stereocenters. The van der Waals surface area contributed by atoms with Gasteiger partial charge in [0.2, 0.25) is 0 Å². The van der Waals surface area contributed by atoms with E-state index in [0.717, 1.165) is 18.9 Å². The molecule has 1 fully saturated rings. The van der Waals surface area contributed by atoms with Crippen molar-refractivity contribution in [2.45, 2.75) is 57.5 Å². The molecule has 0 saturated heterocycles. The van der Waals surface area contributed by atoms with E-state index in [1.807, 2.05) is 11.7 Å². The van der Waals surface area contributed by atoms with Crippen LogP contribution in [0.2, 0.25) is 0 Å². The molecule has 0 aromatic carbocycles. The second-order valence-electron chi connectivity index (χ2n) is 6.48. The van der Waals surface area contributed by atoms with Crippen molar-refractivity contribution in [1.82, 2.24) is 15.2 Å². The van der Waals surface area contributed by atoms with Crippen molar-refractivity contribution in [2.24, 2.45) is 5.92 Å². The number of nitrogens with zero attached hydrogens (tertiary/aromatic N) is 2. The van der Waals surface area contributed by atoms with Crippen LogP contribution in [0.4, 0.5) is 0 Å². The number of likely N-dealkylation sites (N-methyl/N-ethyl adjacent to an activating group) is 2. The van der Waals surface area contributed by atoms with E-state index in [-0.39, 0.29) is 5.54 Å². The van der Waals surface area contributed by atoms with Crippen LogP contribution in [0.25, 0.3) is 0 Å². The summed E-state index contributed by atoms with van der Waals surface area (Å²) < 4.78 is 0. The minimum absolute atomic E-state index is 0.289. The predicted molar refractivity (Wildman–Crippen MR) is 87.3 cm³/mol. The zero-order valence-electron chi connectivity index (χ0n) is 13.4. The van der Waals surface area contributed by atoms with E-state index in [1.165, 1.54) is 30.6 Å². The van der Waals surface area contributed by atoms with Crippen LogP contribution < -0.4 is 5.32 Å². The van der Waals surface area contributed by atoms with E-state index in [4.69, 9.17) is 0 Å². The van der Waals surface area contributed by atoms with Gasteiger partial charge < -0.3 is 10.2 Å². The average Bonchev–Trinajstić information content (AvgIpc) is 2.91. The zero-order chi connectivity index (χ0) is 14.6. The highest BCUT2D eigenvalue weighted by molar-refractivity contribution is 7.09. The number of hydrogen-bond donors (Lipinski definition) is 1. The van der Waals surface area contributed by atoms with Crippen LogP contribution in [0.5, 0.6) is 0 Å². The van der Waals surface area contributed by atoms with Crippen molar-refractivity contribution in [3.8, 4) is 0 Å². The molecule has 0 bridgehead atoms. The molecular formula is C16H29N3S. The molecule has 20 heavy (non-hydrogen) atoms. The highest BCUT2D eigenvalue weighted by atomic mass is 32.1. The number of thiazole rings is 1. The maximum atomic E-state index is 4.24. The Bertz CT molecular complexity index is 390. The van der Waals surface area contributed by atoms with Gasteiger partial charge >= 0.3 is 0 Å². The summed E-state index contributed by atoms with van der Waals surface area (Å²) >= 11 is 1.78. The summed E-state index contributed by atoms with van der Waals surface area (Å²) in [5.74, 6) is 0.828. The zero-order valence-corrected chi connectivity index (χ0v) is 14.2. The molecule has 1 N–H and O–H groups in total. The summed E-state index contributed by atoms with van der Waals surface area (Å²) in [6.45, 7) is 5.66. The molecule has 3 nitrogen and oxygen atoms in total. The first-order valence-electron chi connectivity index (χ1n) is 7.86. The molecule has 0 spiro atoms. The molecule has 4 heteroatoms. The molecule has 2 rings (SSSR count). The molecule has 3 unspecified atom stereocenters. The molecule has 1 aliphatic rings. The molecule has 0 aliphatic heterocycles. The van der Waals surface area contributed by atoms with Crippen LogP contribution in [0, 0.1) is 5.92 Å². The van der Waals surface area contributed by atoms with Gasteiger partial charge in [-0.25, -0.2) is 0 Å². The Hall–Kier alpha value is -0.450. The van der Waals surface area contributed by atoms with Gasteiger partial charge in [0.15, 0.2) is 0 Å². The fraction of sp³-hybridized carbons (Fsp3) is 0.812. The van der Waals surface area contributed by atoms with Crippen molar-refractivity contribution in [2.75, 3.05) is 20.6 Å². The van der Waals surface area contributed by atoms with E-state index in [0.29, 0.717) is 6.04 Å². The minimum Gasteiger partial charge on any atom is -0.312 e. The Balaban J connectivity index is 2.22. The summed E-state index contributed by atoms with van der Waals surface area (Å²) in [5.41, 5.74) is 2.24. The summed E-state index contributed by atoms with van der Waals surface area (Å²) in [7, 11) is 4.52. The van der Waals surface area contributed by atoms with Gasteiger partial charge in [0, 0.05) is 29.1 Å².